The van der Waals surface area contributed by atoms with Gasteiger partial charge in [-0.3, -0.25) is 4.79 Å². The number of benzene rings is 1. The SMILES string of the molecule is CC(C)(C)[C@@H]1NC(=O)O[C@@H]2CCC[C@H]2OCC=CC(F)(F)c2nc3ccccc3nc2O[C@@H]2C[C@@H](C(=O)O)N(C2)C1=O. The van der Waals surface area contributed by atoms with Crippen molar-refractivity contribution < 1.29 is 42.5 Å². The lowest BCUT2D eigenvalue weighted by atomic mass is 9.85. The Morgan fingerprint density at radius 2 is 1.79 bits per heavy atom. The van der Waals surface area contributed by atoms with E-state index in [9.17, 15) is 19.5 Å². The highest BCUT2D eigenvalue weighted by Crippen LogP contribution is 2.37. The summed E-state index contributed by atoms with van der Waals surface area (Å²) in [7, 11) is 0. The summed E-state index contributed by atoms with van der Waals surface area (Å²) in [6.07, 6.45) is 0.419. The molecule has 1 aliphatic carbocycles. The fraction of sp³-hybridized carbons (Fsp3) is 0.552. The molecule has 1 saturated carbocycles. The number of ether oxygens (including phenoxy) is 3. The van der Waals surface area contributed by atoms with Gasteiger partial charge in [0.15, 0.2) is 5.69 Å². The minimum atomic E-state index is -3.62. The number of carbonyl (C=O) groups excluding carboxylic acids is 2. The van der Waals surface area contributed by atoms with Crippen molar-refractivity contribution in [1.82, 2.24) is 20.2 Å². The number of rotatable bonds is 1. The zero-order valence-electron chi connectivity index (χ0n) is 23.6. The van der Waals surface area contributed by atoms with Gasteiger partial charge in [-0.2, -0.15) is 8.78 Å². The van der Waals surface area contributed by atoms with Crippen molar-refractivity contribution in [3.05, 3.63) is 42.1 Å². The Hall–Kier alpha value is -3.87. The van der Waals surface area contributed by atoms with E-state index in [4.69, 9.17) is 14.2 Å². The quantitative estimate of drug-likeness (QED) is 0.476. The van der Waals surface area contributed by atoms with Crippen LogP contribution < -0.4 is 10.1 Å². The molecule has 11 nitrogen and oxygen atoms in total. The van der Waals surface area contributed by atoms with E-state index < -0.39 is 71.3 Å². The molecule has 2 fully saturated rings. The molecule has 1 aromatic heterocycles. The number of amides is 2. The van der Waals surface area contributed by atoms with Gasteiger partial charge in [0, 0.05) is 6.42 Å². The number of carbonyl (C=O) groups is 3. The molecule has 2 N–H and O–H groups in total. The van der Waals surface area contributed by atoms with Gasteiger partial charge in [0.05, 0.1) is 30.3 Å². The number of hydrogen-bond donors (Lipinski definition) is 2. The van der Waals surface area contributed by atoms with Crippen LogP contribution in [0, 0.1) is 5.41 Å². The monoisotopic (exact) mass is 588 g/mol. The molecule has 3 heterocycles. The first-order valence-electron chi connectivity index (χ1n) is 13.9. The van der Waals surface area contributed by atoms with Crippen molar-refractivity contribution in [2.24, 2.45) is 5.41 Å². The van der Waals surface area contributed by atoms with Crippen LogP contribution in [-0.2, 0) is 25.0 Å². The minimum Gasteiger partial charge on any atom is -0.480 e. The topological polar surface area (TPSA) is 140 Å². The lowest BCUT2D eigenvalue weighted by Crippen LogP contribution is -2.57. The van der Waals surface area contributed by atoms with E-state index in [1.165, 1.54) is 6.08 Å². The Balaban J connectivity index is 1.56. The van der Waals surface area contributed by atoms with Gasteiger partial charge in [-0.1, -0.05) is 39.0 Å². The molecule has 0 spiro atoms. The number of aromatic nitrogens is 2. The van der Waals surface area contributed by atoms with E-state index in [2.05, 4.69) is 15.3 Å². The van der Waals surface area contributed by atoms with Crippen LogP contribution >= 0.6 is 0 Å². The number of para-hydroxylation sites is 2. The van der Waals surface area contributed by atoms with Gasteiger partial charge in [-0.05, 0) is 42.9 Å². The number of halogens is 2. The molecule has 1 aromatic carbocycles. The zero-order chi connectivity index (χ0) is 30.2. The lowest BCUT2D eigenvalue weighted by Gasteiger charge is -2.35. The van der Waals surface area contributed by atoms with Gasteiger partial charge in [-0.15, -0.1) is 0 Å². The Kier molecular flexibility index (Phi) is 8.06. The normalized spacial score (nSPS) is 28.6. The Morgan fingerprint density at radius 3 is 2.48 bits per heavy atom. The van der Waals surface area contributed by atoms with Crippen molar-refractivity contribution >= 4 is 29.0 Å². The van der Waals surface area contributed by atoms with Gasteiger partial charge >= 0.3 is 18.0 Å². The second-order valence-electron chi connectivity index (χ2n) is 11.9. The van der Waals surface area contributed by atoms with Crippen LogP contribution in [0.2, 0.25) is 0 Å². The van der Waals surface area contributed by atoms with Crippen LogP contribution in [0.4, 0.5) is 13.6 Å². The highest BCUT2D eigenvalue weighted by Gasteiger charge is 2.47. The van der Waals surface area contributed by atoms with E-state index in [0.29, 0.717) is 30.9 Å². The van der Waals surface area contributed by atoms with Crippen LogP contribution in [0.25, 0.3) is 11.0 Å². The average Bonchev–Trinajstić information content (AvgIpc) is 3.55. The first-order valence-corrected chi connectivity index (χ1v) is 13.9. The van der Waals surface area contributed by atoms with Crippen molar-refractivity contribution in [3.63, 3.8) is 0 Å². The van der Waals surface area contributed by atoms with E-state index >= 15 is 8.78 Å². The molecule has 5 atom stereocenters. The Morgan fingerprint density at radius 1 is 1.10 bits per heavy atom. The van der Waals surface area contributed by atoms with Gasteiger partial charge in [0.2, 0.25) is 11.8 Å². The number of fused-ring (bicyclic) bond motifs is 5. The van der Waals surface area contributed by atoms with E-state index in [1.807, 2.05) is 0 Å². The van der Waals surface area contributed by atoms with Crippen molar-refractivity contribution in [2.75, 3.05) is 13.2 Å². The molecule has 42 heavy (non-hydrogen) atoms. The van der Waals surface area contributed by atoms with Gasteiger partial charge in [0.1, 0.15) is 24.3 Å². The third kappa shape index (κ3) is 6.15. The summed E-state index contributed by atoms with van der Waals surface area (Å²) in [5.74, 6) is -6.03. The number of alkyl halides is 2. The van der Waals surface area contributed by atoms with Crippen molar-refractivity contribution in [1.29, 1.82) is 0 Å². The highest BCUT2D eigenvalue weighted by molar-refractivity contribution is 5.90. The van der Waals surface area contributed by atoms with Gasteiger partial charge in [0.25, 0.3) is 0 Å². The number of nitrogens with zero attached hydrogens (tertiary/aromatic N) is 3. The first kappa shape index (κ1) is 29.6. The smallest absolute Gasteiger partial charge is 0.408 e. The predicted molar refractivity (Wildman–Crippen MR) is 145 cm³/mol. The maximum Gasteiger partial charge on any atom is 0.408 e. The molecular weight excluding hydrogens is 554 g/mol. The van der Waals surface area contributed by atoms with Crippen LogP contribution in [0.3, 0.4) is 0 Å². The largest absolute Gasteiger partial charge is 0.480 e. The standard InChI is InChI=1S/C29H34F2N4O7/c1-28(2,3)23-25(36)35-15-16(14-19(35)26(37)38)41-24-22(32-17-8-4-5-9-18(17)33-24)29(30,31)12-7-13-40-20-10-6-11-21(20)42-27(39)34-23/h4-5,7-9,12,16,19-21,23H,6,10-11,13-15H2,1-3H3,(H,34,39)(H,37,38)/t16-,19+,20-,21-,23-/m1/s1. The second kappa shape index (κ2) is 11.4. The maximum absolute atomic E-state index is 15.6. The molecular formula is C29H34F2N4O7. The molecule has 2 amide bonds. The van der Waals surface area contributed by atoms with Crippen molar-refractivity contribution in [3.8, 4) is 5.88 Å². The van der Waals surface area contributed by atoms with Crippen LogP contribution in [0.15, 0.2) is 36.4 Å². The molecule has 2 bridgehead atoms. The van der Waals surface area contributed by atoms with E-state index in [0.717, 1.165) is 4.90 Å². The molecule has 0 unspecified atom stereocenters. The molecule has 226 valence electrons. The van der Waals surface area contributed by atoms with Crippen LogP contribution in [-0.4, -0.2) is 81.5 Å². The highest BCUT2D eigenvalue weighted by atomic mass is 19.3. The molecule has 5 rings (SSSR count). The number of allylic oxidation sites excluding steroid dienone is 1. The second-order valence-corrected chi connectivity index (χ2v) is 11.9. The summed E-state index contributed by atoms with van der Waals surface area (Å²) in [4.78, 5) is 48.5. The summed E-state index contributed by atoms with van der Waals surface area (Å²) < 4.78 is 48.5. The molecule has 1 saturated heterocycles. The number of aliphatic carboxylic acids is 1. The number of hydrogen-bond acceptors (Lipinski definition) is 8. The fourth-order valence-electron chi connectivity index (χ4n) is 5.58. The molecule has 3 aliphatic rings. The maximum atomic E-state index is 15.6. The van der Waals surface area contributed by atoms with Crippen LogP contribution in [0.1, 0.15) is 52.1 Å². The summed E-state index contributed by atoms with van der Waals surface area (Å²) in [5, 5.41) is 12.6. The number of nitrogens with one attached hydrogen (secondary N) is 1. The van der Waals surface area contributed by atoms with Gasteiger partial charge in [-0.25, -0.2) is 19.6 Å². The first-order chi connectivity index (χ1) is 19.8. The number of carboxylic acid groups (broad SMARTS) is 1. The molecule has 2 aliphatic heterocycles. The molecule has 0 radical (unpaired) electrons. The van der Waals surface area contributed by atoms with Crippen LogP contribution in [0.5, 0.6) is 5.88 Å². The molecule has 2 aromatic rings. The number of alkyl carbamates (subject to hydrolysis) is 1. The van der Waals surface area contributed by atoms with E-state index in [1.54, 1.807) is 45.0 Å². The Labute approximate surface area is 241 Å². The van der Waals surface area contributed by atoms with Crippen molar-refractivity contribution in [2.45, 2.75) is 82.8 Å². The summed E-state index contributed by atoms with van der Waals surface area (Å²) >= 11 is 0. The summed E-state index contributed by atoms with van der Waals surface area (Å²) in [6, 6.07) is 4.01. The van der Waals surface area contributed by atoms with Gasteiger partial charge < -0.3 is 29.5 Å². The third-order valence-electron chi connectivity index (χ3n) is 7.72. The predicted octanol–water partition coefficient (Wildman–Crippen LogP) is 3.80. The lowest BCUT2D eigenvalue weighted by molar-refractivity contribution is -0.150. The summed E-state index contributed by atoms with van der Waals surface area (Å²) in [6.45, 7) is 4.80. The fourth-order valence-corrected chi connectivity index (χ4v) is 5.58. The summed E-state index contributed by atoms with van der Waals surface area (Å²) in [5.41, 5.74) is -1.02. The Bertz CT molecular complexity index is 1400. The third-order valence-corrected chi connectivity index (χ3v) is 7.72. The minimum absolute atomic E-state index is 0.167. The number of carboxylic acids is 1. The molecule has 13 heteroatoms. The zero-order valence-corrected chi connectivity index (χ0v) is 23.6. The average molecular weight is 589 g/mol. The van der Waals surface area contributed by atoms with E-state index in [-0.39, 0.29) is 25.1 Å².